The molecule has 1 fully saturated rings. The number of hydrogen-bond acceptors (Lipinski definition) is 3. The molecule has 1 aromatic rings. The van der Waals surface area contributed by atoms with E-state index in [9.17, 15) is 4.79 Å². The van der Waals surface area contributed by atoms with Gasteiger partial charge < -0.3 is 15.4 Å². The standard InChI is InChI=1S/C18H28N2O2.ClH/c1-15-14-17(8-11-19-15)18(21)20-10-5-12-22-13-9-16-6-3-2-4-7-16;/h2-4,6-7,15,17,19H,5,8-14H2,1H3,(H,20,21);1H/t15-,17-;/m0./s1. The Morgan fingerprint density at radius 3 is 2.83 bits per heavy atom. The predicted octanol–water partition coefficient (Wildman–Crippen LogP) is 2.56. The molecular weight excluding hydrogens is 312 g/mol. The number of amides is 1. The van der Waals surface area contributed by atoms with Gasteiger partial charge in [0.15, 0.2) is 0 Å². The molecule has 4 nitrogen and oxygen atoms in total. The van der Waals surface area contributed by atoms with Crippen LogP contribution < -0.4 is 10.6 Å². The summed E-state index contributed by atoms with van der Waals surface area (Å²) < 4.78 is 5.62. The minimum absolute atomic E-state index is 0. The average Bonchev–Trinajstić information content (AvgIpc) is 2.54. The highest BCUT2D eigenvalue weighted by Gasteiger charge is 2.24. The maximum absolute atomic E-state index is 12.0. The van der Waals surface area contributed by atoms with Gasteiger partial charge in [-0.05, 0) is 44.7 Å². The first kappa shape index (κ1) is 19.9. The number of carbonyl (C=O) groups is 1. The summed E-state index contributed by atoms with van der Waals surface area (Å²) in [5, 5.41) is 6.41. The van der Waals surface area contributed by atoms with Gasteiger partial charge in [-0.25, -0.2) is 0 Å². The molecule has 23 heavy (non-hydrogen) atoms. The second kappa shape index (κ2) is 11.4. The van der Waals surface area contributed by atoms with Crippen LogP contribution in [0.1, 0.15) is 31.7 Å². The van der Waals surface area contributed by atoms with E-state index in [1.54, 1.807) is 0 Å². The van der Waals surface area contributed by atoms with Crippen LogP contribution >= 0.6 is 12.4 Å². The van der Waals surface area contributed by atoms with Crippen LogP contribution in [-0.2, 0) is 16.0 Å². The second-order valence-electron chi connectivity index (χ2n) is 6.07. The zero-order valence-electron chi connectivity index (χ0n) is 13.9. The number of halogens is 1. The topological polar surface area (TPSA) is 50.4 Å². The van der Waals surface area contributed by atoms with Gasteiger partial charge in [0.1, 0.15) is 0 Å². The summed E-state index contributed by atoms with van der Waals surface area (Å²) in [5.74, 6) is 0.382. The molecule has 1 amide bonds. The van der Waals surface area contributed by atoms with E-state index in [1.165, 1.54) is 5.56 Å². The normalized spacial score (nSPS) is 20.6. The number of piperidine rings is 1. The summed E-state index contributed by atoms with van der Waals surface area (Å²) >= 11 is 0. The Morgan fingerprint density at radius 1 is 1.30 bits per heavy atom. The maximum atomic E-state index is 12.0. The highest BCUT2D eigenvalue weighted by Crippen LogP contribution is 2.15. The molecule has 1 aliphatic heterocycles. The fourth-order valence-electron chi connectivity index (χ4n) is 2.84. The van der Waals surface area contributed by atoms with Gasteiger partial charge >= 0.3 is 0 Å². The van der Waals surface area contributed by atoms with Crippen molar-refractivity contribution in [1.29, 1.82) is 0 Å². The molecule has 2 atom stereocenters. The Morgan fingerprint density at radius 2 is 2.09 bits per heavy atom. The number of hydrogen-bond donors (Lipinski definition) is 2. The first-order valence-corrected chi connectivity index (χ1v) is 8.38. The van der Waals surface area contributed by atoms with E-state index in [0.29, 0.717) is 19.2 Å². The van der Waals surface area contributed by atoms with Crippen molar-refractivity contribution in [3.8, 4) is 0 Å². The van der Waals surface area contributed by atoms with E-state index >= 15 is 0 Å². The van der Waals surface area contributed by atoms with Crippen molar-refractivity contribution in [2.75, 3.05) is 26.3 Å². The Labute approximate surface area is 145 Å². The van der Waals surface area contributed by atoms with Crippen molar-refractivity contribution in [2.45, 2.75) is 38.6 Å². The number of carbonyl (C=O) groups excluding carboxylic acids is 1. The summed E-state index contributed by atoms with van der Waals surface area (Å²) in [7, 11) is 0. The molecule has 0 aromatic heterocycles. The second-order valence-corrected chi connectivity index (χ2v) is 6.07. The van der Waals surface area contributed by atoms with Gasteiger partial charge in [-0.2, -0.15) is 0 Å². The first-order valence-electron chi connectivity index (χ1n) is 8.38. The van der Waals surface area contributed by atoms with Gasteiger partial charge in [-0.15, -0.1) is 12.4 Å². The lowest BCUT2D eigenvalue weighted by Crippen LogP contribution is -2.42. The summed E-state index contributed by atoms with van der Waals surface area (Å²) in [6, 6.07) is 10.8. The SMILES string of the molecule is C[C@H]1C[C@@H](C(=O)NCCCOCCc2ccccc2)CCN1.Cl. The lowest BCUT2D eigenvalue weighted by molar-refractivity contribution is -0.126. The van der Waals surface area contributed by atoms with Crippen molar-refractivity contribution in [2.24, 2.45) is 5.92 Å². The van der Waals surface area contributed by atoms with Crippen LogP contribution in [0.25, 0.3) is 0 Å². The summed E-state index contributed by atoms with van der Waals surface area (Å²) in [6.45, 7) is 5.24. The summed E-state index contributed by atoms with van der Waals surface area (Å²) in [6.07, 6.45) is 3.71. The molecule has 2 rings (SSSR count). The van der Waals surface area contributed by atoms with Crippen molar-refractivity contribution in [3.05, 3.63) is 35.9 Å². The van der Waals surface area contributed by atoms with Gasteiger partial charge in [0.05, 0.1) is 6.61 Å². The van der Waals surface area contributed by atoms with E-state index in [0.717, 1.165) is 38.8 Å². The quantitative estimate of drug-likeness (QED) is 0.715. The molecule has 130 valence electrons. The molecular formula is C18H29ClN2O2. The Kier molecular flexibility index (Phi) is 9.92. The number of benzene rings is 1. The fourth-order valence-corrected chi connectivity index (χ4v) is 2.84. The molecule has 0 aliphatic carbocycles. The molecule has 1 aromatic carbocycles. The lowest BCUT2D eigenvalue weighted by Gasteiger charge is -2.27. The third kappa shape index (κ3) is 7.82. The highest BCUT2D eigenvalue weighted by atomic mass is 35.5. The molecule has 0 bridgehead atoms. The smallest absolute Gasteiger partial charge is 0.223 e. The Hall–Kier alpha value is -1.10. The van der Waals surface area contributed by atoms with Crippen LogP contribution in [0.5, 0.6) is 0 Å². The third-order valence-electron chi connectivity index (χ3n) is 4.14. The summed E-state index contributed by atoms with van der Waals surface area (Å²) in [4.78, 5) is 12.0. The van der Waals surface area contributed by atoms with Gasteiger partial charge in [0.25, 0.3) is 0 Å². The van der Waals surface area contributed by atoms with E-state index in [1.807, 2.05) is 18.2 Å². The van der Waals surface area contributed by atoms with E-state index in [-0.39, 0.29) is 24.2 Å². The number of nitrogens with one attached hydrogen (secondary N) is 2. The van der Waals surface area contributed by atoms with Crippen LogP contribution in [0.2, 0.25) is 0 Å². The van der Waals surface area contributed by atoms with Gasteiger partial charge in [0, 0.05) is 25.1 Å². The molecule has 5 heteroatoms. The molecule has 0 saturated carbocycles. The molecule has 1 heterocycles. The Bertz CT molecular complexity index is 442. The van der Waals surface area contributed by atoms with E-state index in [4.69, 9.17) is 4.74 Å². The fraction of sp³-hybridized carbons (Fsp3) is 0.611. The predicted molar refractivity (Wildman–Crippen MR) is 96.0 cm³/mol. The van der Waals surface area contributed by atoms with Crippen LogP contribution in [0.15, 0.2) is 30.3 Å². The van der Waals surface area contributed by atoms with Gasteiger partial charge in [-0.1, -0.05) is 30.3 Å². The minimum Gasteiger partial charge on any atom is -0.381 e. The monoisotopic (exact) mass is 340 g/mol. The van der Waals surface area contributed by atoms with Crippen LogP contribution in [0.3, 0.4) is 0 Å². The molecule has 0 spiro atoms. The minimum atomic E-state index is 0. The average molecular weight is 341 g/mol. The number of ether oxygens (including phenoxy) is 1. The molecule has 1 saturated heterocycles. The van der Waals surface area contributed by atoms with Crippen LogP contribution in [0, 0.1) is 5.92 Å². The highest BCUT2D eigenvalue weighted by molar-refractivity contribution is 5.85. The Balaban J connectivity index is 0.00000264. The maximum Gasteiger partial charge on any atom is 0.223 e. The van der Waals surface area contributed by atoms with Gasteiger partial charge in [0.2, 0.25) is 5.91 Å². The zero-order chi connectivity index (χ0) is 15.6. The summed E-state index contributed by atoms with van der Waals surface area (Å²) in [5.41, 5.74) is 1.30. The van der Waals surface area contributed by atoms with Crippen LogP contribution in [0.4, 0.5) is 0 Å². The van der Waals surface area contributed by atoms with Gasteiger partial charge in [-0.3, -0.25) is 4.79 Å². The van der Waals surface area contributed by atoms with Crippen molar-refractivity contribution >= 4 is 18.3 Å². The number of rotatable bonds is 8. The molecule has 2 N–H and O–H groups in total. The van der Waals surface area contributed by atoms with Crippen molar-refractivity contribution in [3.63, 3.8) is 0 Å². The molecule has 1 aliphatic rings. The molecule has 0 radical (unpaired) electrons. The van der Waals surface area contributed by atoms with E-state index < -0.39 is 0 Å². The third-order valence-corrected chi connectivity index (χ3v) is 4.14. The first-order chi connectivity index (χ1) is 10.8. The van der Waals surface area contributed by atoms with Crippen molar-refractivity contribution < 1.29 is 9.53 Å². The van der Waals surface area contributed by atoms with Crippen molar-refractivity contribution in [1.82, 2.24) is 10.6 Å². The zero-order valence-corrected chi connectivity index (χ0v) is 14.7. The van der Waals surface area contributed by atoms with E-state index in [2.05, 4.69) is 29.7 Å². The lowest BCUT2D eigenvalue weighted by atomic mass is 9.92. The molecule has 0 unspecified atom stereocenters. The van der Waals surface area contributed by atoms with Crippen LogP contribution in [-0.4, -0.2) is 38.3 Å². The largest absolute Gasteiger partial charge is 0.381 e.